The number of H-pyrrole nitrogens is 1. The lowest BCUT2D eigenvalue weighted by molar-refractivity contribution is 1.08. The summed E-state index contributed by atoms with van der Waals surface area (Å²) in [6, 6.07) is 10.0. The fourth-order valence-electron chi connectivity index (χ4n) is 1.39. The van der Waals surface area contributed by atoms with Crippen LogP contribution < -0.4 is 0 Å². The lowest BCUT2D eigenvalue weighted by atomic mass is 10.1. The Bertz CT molecular complexity index is 467. The molecule has 0 saturated heterocycles. The van der Waals surface area contributed by atoms with Crippen molar-refractivity contribution in [3.63, 3.8) is 0 Å². The molecule has 2 nitrogen and oxygen atoms in total. The summed E-state index contributed by atoms with van der Waals surface area (Å²) in [7, 11) is 0. The fraction of sp³-hybridized carbons (Fsp3) is 0. The Morgan fingerprint density at radius 2 is 1.87 bits per heavy atom. The van der Waals surface area contributed by atoms with Gasteiger partial charge in [0, 0.05) is 6.20 Å². The molecule has 0 spiro atoms. The molecule has 1 aromatic carbocycles. The Hall–Kier alpha value is -2.09. The molecule has 0 bridgehead atoms. The van der Waals surface area contributed by atoms with Crippen LogP contribution in [0.15, 0.2) is 43.1 Å². The molecule has 1 heterocycles. The number of hydrogen-bond donors (Lipinski definition) is 1. The average Bonchev–Trinajstić information content (AvgIpc) is 2.79. The van der Waals surface area contributed by atoms with Crippen molar-refractivity contribution in [2.24, 2.45) is 0 Å². The van der Waals surface area contributed by atoms with Gasteiger partial charge in [-0.3, -0.25) is 5.10 Å². The molecule has 0 radical (unpaired) electrons. The van der Waals surface area contributed by atoms with Gasteiger partial charge in [0.2, 0.25) is 0 Å². The zero-order valence-corrected chi connectivity index (χ0v) is 8.35. The van der Waals surface area contributed by atoms with E-state index in [2.05, 4.69) is 22.8 Å². The molecule has 15 heavy (non-hydrogen) atoms. The van der Waals surface area contributed by atoms with Crippen molar-refractivity contribution < 1.29 is 0 Å². The Kier molecular flexibility index (Phi) is 2.79. The zero-order valence-electron chi connectivity index (χ0n) is 8.35. The second-order valence-electron chi connectivity index (χ2n) is 3.18. The maximum atomic E-state index is 3.88. The van der Waals surface area contributed by atoms with Gasteiger partial charge in [-0.15, -0.1) is 0 Å². The quantitative estimate of drug-likeness (QED) is 0.802. The highest BCUT2D eigenvalue weighted by Crippen LogP contribution is 2.13. The van der Waals surface area contributed by atoms with Gasteiger partial charge in [0.25, 0.3) is 0 Å². The van der Waals surface area contributed by atoms with Crippen LogP contribution in [0.25, 0.3) is 18.2 Å². The van der Waals surface area contributed by atoms with Crippen molar-refractivity contribution in [3.8, 4) is 0 Å². The Labute approximate surface area is 89.0 Å². The van der Waals surface area contributed by atoms with Gasteiger partial charge in [0.15, 0.2) is 0 Å². The van der Waals surface area contributed by atoms with E-state index in [4.69, 9.17) is 0 Å². The smallest absolute Gasteiger partial charge is 0.0577 e. The minimum Gasteiger partial charge on any atom is -0.278 e. The van der Waals surface area contributed by atoms with E-state index < -0.39 is 0 Å². The van der Waals surface area contributed by atoms with E-state index in [9.17, 15) is 0 Å². The van der Waals surface area contributed by atoms with Gasteiger partial charge in [-0.25, -0.2) is 0 Å². The van der Waals surface area contributed by atoms with E-state index in [1.165, 1.54) is 0 Å². The number of aromatic nitrogens is 2. The highest BCUT2D eigenvalue weighted by atomic mass is 15.1. The summed E-state index contributed by atoms with van der Waals surface area (Å²) in [5.74, 6) is 0. The molecule has 0 aliphatic carbocycles. The monoisotopic (exact) mass is 196 g/mol. The summed E-state index contributed by atoms with van der Waals surface area (Å²) in [4.78, 5) is 0. The molecule has 0 amide bonds. The van der Waals surface area contributed by atoms with Crippen molar-refractivity contribution in [2.45, 2.75) is 0 Å². The highest BCUT2D eigenvalue weighted by molar-refractivity contribution is 5.73. The summed E-state index contributed by atoms with van der Waals surface area (Å²) >= 11 is 0. The summed E-state index contributed by atoms with van der Waals surface area (Å²) in [5, 5.41) is 6.76. The first-order valence-corrected chi connectivity index (χ1v) is 4.79. The van der Waals surface area contributed by atoms with Gasteiger partial charge in [-0.1, -0.05) is 43.0 Å². The van der Waals surface area contributed by atoms with Gasteiger partial charge in [0.05, 0.1) is 5.69 Å². The molecule has 0 saturated carbocycles. The second kappa shape index (κ2) is 4.42. The number of benzene rings is 1. The summed E-state index contributed by atoms with van der Waals surface area (Å²) in [5.41, 5.74) is 3.28. The summed E-state index contributed by atoms with van der Waals surface area (Å²) in [6.07, 6.45) is 7.63. The van der Waals surface area contributed by atoms with E-state index in [1.807, 2.05) is 42.5 Å². The molecule has 0 fully saturated rings. The third kappa shape index (κ3) is 2.23. The van der Waals surface area contributed by atoms with Crippen LogP contribution in [0.5, 0.6) is 0 Å². The number of aromatic amines is 1. The third-order valence-electron chi connectivity index (χ3n) is 2.18. The second-order valence-corrected chi connectivity index (χ2v) is 3.18. The number of nitrogens with zero attached hydrogens (tertiary/aromatic N) is 1. The molecular formula is C13H12N2. The zero-order chi connectivity index (χ0) is 10.5. The first kappa shape index (κ1) is 9.46. The van der Waals surface area contributed by atoms with E-state index in [0.717, 1.165) is 16.8 Å². The molecule has 0 unspecified atom stereocenters. The van der Waals surface area contributed by atoms with E-state index >= 15 is 0 Å². The predicted octanol–water partition coefficient (Wildman–Crippen LogP) is 3.22. The molecule has 2 aromatic rings. The minimum atomic E-state index is 0.994. The van der Waals surface area contributed by atoms with Crippen LogP contribution in [-0.4, -0.2) is 10.2 Å². The van der Waals surface area contributed by atoms with Gasteiger partial charge < -0.3 is 0 Å². The number of nitrogens with one attached hydrogen (secondary N) is 1. The lowest BCUT2D eigenvalue weighted by Crippen LogP contribution is -1.78. The van der Waals surface area contributed by atoms with Crippen LogP contribution in [0.2, 0.25) is 0 Å². The largest absolute Gasteiger partial charge is 0.278 e. The Morgan fingerprint density at radius 3 is 2.53 bits per heavy atom. The fourth-order valence-corrected chi connectivity index (χ4v) is 1.39. The molecule has 0 aliphatic rings. The van der Waals surface area contributed by atoms with Gasteiger partial charge >= 0.3 is 0 Å². The Balaban J connectivity index is 2.27. The molecule has 2 heteroatoms. The normalized spacial score (nSPS) is 10.7. The lowest BCUT2D eigenvalue weighted by Gasteiger charge is -1.98. The highest BCUT2D eigenvalue weighted by Gasteiger charge is 1.93. The molecule has 1 aromatic heterocycles. The topological polar surface area (TPSA) is 28.7 Å². The first-order valence-electron chi connectivity index (χ1n) is 4.79. The van der Waals surface area contributed by atoms with E-state index in [-0.39, 0.29) is 0 Å². The van der Waals surface area contributed by atoms with Crippen LogP contribution in [0.4, 0.5) is 0 Å². The van der Waals surface area contributed by atoms with Crippen LogP contribution in [-0.2, 0) is 0 Å². The van der Waals surface area contributed by atoms with Crippen LogP contribution >= 0.6 is 0 Å². The van der Waals surface area contributed by atoms with E-state index in [1.54, 1.807) is 6.20 Å². The maximum Gasteiger partial charge on any atom is 0.0577 e. The van der Waals surface area contributed by atoms with Crippen LogP contribution in [0.1, 0.15) is 16.8 Å². The van der Waals surface area contributed by atoms with Crippen molar-refractivity contribution in [3.05, 3.63) is 59.9 Å². The third-order valence-corrected chi connectivity index (χ3v) is 2.18. The molecule has 2 rings (SSSR count). The van der Waals surface area contributed by atoms with Crippen LogP contribution in [0.3, 0.4) is 0 Å². The summed E-state index contributed by atoms with van der Waals surface area (Å²) < 4.78 is 0. The first-order chi connectivity index (χ1) is 7.40. The number of hydrogen-bond acceptors (Lipinski definition) is 1. The minimum absolute atomic E-state index is 0.994. The van der Waals surface area contributed by atoms with Crippen LogP contribution in [0, 0.1) is 0 Å². The van der Waals surface area contributed by atoms with Crippen molar-refractivity contribution >= 4 is 18.2 Å². The van der Waals surface area contributed by atoms with E-state index in [0.29, 0.717) is 0 Å². The molecular weight excluding hydrogens is 184 g/mol. The SMILES string of the molecule is C=Cc1ccccc1/C=C/c1ccn[nH]1. The van der Waals surface area contributed by atoms with Crippen molar-refractivity contribution in [1.29, 1.82) is 0 Å². The molecule has 1 N–H and O–H groups in total. The van der Waals surface area contributed by atoms with Gasteiger partial charge in [-0.2, -0.15) is 5.10 Å². The van der Waals surface area contributed by atoms with Gasteiger partial charge in [-0.05, 0) is 23.3 Å². The summed E-state index contributed by atoms with van der Waals surface area (Å²) in [6.45, 7) is 3.78. The van der Waals surface area contributed by atoms with Crippen molar-refractivity contribution in [2.75, 3.05) is 0 Å². The molecule has 74 valence electrons. The number of rotatable bonds is 3. The standard InChI is InChI=1S/C13H12N2/c1-2-11-5-3-4-6-12(11)7-8-13-9-10-14-15-13/h2-10H,1H2,(H,14,15)/b8-7+. The predicted molar refractivity (Wildman–Crippen MR) is 64.0 cm³/mol. The molecule has 0 atom stereocenters. The van der Waals surface area contributed by atoms with Gasteiger partial charge in [0.1, 0.15) is 0 Å². The van der Waals surface area contributed by atoms with Crippen molar-refractivity contribution in [1.82, 2.24) is 10.2 Å². The average molecular weight is 196 g/mol. The Morgan fingerprint density at radius 1 is 1.07 bits per heavy atom. The maximum absolute atomic E-state index is 3.88. The molecule has 0 aliphatic heterocycles.